The summed E-state index contributed by atoms with van der Waals surface area (Å²) in [5, 5.41) is 0. The predicted molar refractivity (Wildman–Crippen MR) is 72.4 cm³/mol. The molecule has 1 aliphatic heterocycles. The van der Waals surface area contributed by atoms with Gasteiger partial charge in [-0.25, -0.2) is 4.39 Å². The van der Waals surface area contributed by atoms with Crippen LogP contribution in [0.1, 0.15) is 37.7 Å². The van der Waals surface area contributed by atoms with Crippen LogP contribution >= 0.6 is 0 Å². The zero-order valence-corrected chi connectivity index (χ0v) is 10.8. The maximum atomic E-state index is 13.6. The summed E-state index contributed by atoms with van der Waals surface area (Å²) in [6, 6.07) is 5.26. The van der Waals surface area contributed by atoms with E-state index in [4.69, 9.17) is 5.73 Å². The van der Waals surface area contributed by atoms with Crippen LogP contribution in [-0.2, 0) is 5.41 Å². The molecule has 98 valence electrons. The normalized spacial score (nSPS) is 22.0. The number of anilines is 1. The van der Waals surface area contributed by atoms with E-state index < -0.39 is 0 Å². The van der Waals surface area contributed by atoms with Crippen molar-refractivity contribution in [3.05, 3.63) is 29.6 Å². The molecule has 0 atom stereocenters. The van der Waals surface area contributed by atoms with Gasteiger partial charge in [0.15, 0.2) is 0 Å². The number of nitrogens with zero attached hydrogens (tertiary/aromatic N) is 1. The van der Waals surface area contributed by atoms with Crippen molar-refractivity contribution >= 4 is 5.69 Å². The molecule has 2 fully saturated rings. The second-order valence-electron chi connectivity index (χ2n) is 5.69. The lowest BCUT2D eigenvalue weighted by Crippen LogP contribution is -2.42. The van der Waals surface area contributed by atoms with E-state index in [9.17, 15) is 4.39 Å². The van der Waals surface area contributed by atoms with E-state index in [1.807, 2.05) is 6.07 Å². The number of benzene rings is 1. The SMILES string of the molecule is NCC1(c2ccc(F)cc2N2CCCC2)CCC1. The maximum Gasteiger partial charge on any atom is 0.125 e. The topological polar surface area (TPSA) is 29.3 Å². The fraction of sp³-hybridized carbons (Fsp3) is 0.600. The molecule has 1 saturated carbocycles. The summed E-state index contributed by atoms with van der Waals surface area (Å²) in [6.07, 6.45) is 5.97. The summed E-state index contributed by atoms with van der Waals surface area (Å²) < 4.78 is 13.6. The number of hydrogen-bond acceptors (Lipinski definition) is 2. The molecule has 18 heavy (non-hydrogen) atoms. The van der Waals surface area contributed by atoms with Gasteiger partial charge in [0, 0.05) is 30.7 Å². The van der Waals surface area contributed by atoms with Gasteiger partial charge in [0.05, 0.1) is 0 Å². The van der Waals surface area contributed by atoms with Crippen LogP contribution in [0.5, 0.6) is 0 Å². The lowest BCUT2D eigenvalue weighted by Gasteiger charge is -2.43. The van der Waals surface area contributed by atoms with Crippen LogP contribution < -0.4 is 10.6 Å². The van der Waals surface area contributed by atoms with E-state index >= 15 is 0 Å². The maximum absolute atomic E-state index is 13.6. The summed E-state index contributed by atoms with van der Waals surface area (Å²) in [5.41, 5.74) is 8.48. The second kappa shape index (κ2) is 4.54. The molecule has 1 saturated heterocycles. The van der Waals surface area contributed by atoms with Gasteiger partial charge in [-0.1, -0.05) is 12.5 Å². The molecule has 1 heterocycles. The van der Waals surface area contributed by atoms with Gasteiger partial charge in [0.25, 0.3) is 0 Å². The Morgan fingerprint density at radius 3 is 2.44 bits per heavy atom. The number of hydrogen-bond donors (Lipinski definition) is 1. The van der Waals surface area contributed by atoms with Gasteiger partial charge >= 0.3 is 0 Å². The zero-order valence-electron chi connectivity index (χ0n) is 10.8. The third-order valence-electron chi connectivity index (χ3n) is 4.68. The summed E-state index contributed by atoms with van der Waals surface area (Å²) in [4.78, 5) is 2.33. The fourth-order valence-corrected chi connectivity index (χ4v) is 3.36. The second-order valence-corrected chi connectivity index (χ2v) is 5.69. The number of rotatable bonds is 3. The highest BCUT2D eigenvalue weighted by atomic mass is 19.1. The van der Waals surface area contributed by atoms with Crippen molar-refractivity contribution in [1.29, 1.82) is 0 Å². The van der Waals surface area contributed by atoms with E-state index in [0.29, 0.717) is 6.54 Å². The van der Waals surface area contributed by atoms with Crippen LogP contribution in [0.15, 0.2) is 18.2 Å². The van der Waals surface area contributed by atoms with Crippen molar-refractivity contribution in [2.45, 2.75) is 37.5 Å². The Balaban J connectivity index is 2.02. The summed E-state index contributed by atoms with van der Waals surface area (Å²) >= 11 is 0. The summed E-state index contributed by atoms with van der Waals surface area (Å²) in [6.45, 7) is 2.79. The van der Waals surface area contributed by atoms with Gasteiger partial charge in [-0.05, 0) is 43.4 Å². The Morgan fingerprint density at radius 1 is 1.17 bits per heavy atom. The molecule has 0 spiro atoms. The first kappa shape index (κ1) is 12.0. The van der Waals surface area contributed by atoms with Gasteiger partial charge in [-0.3, -0.25) is 0 Å². The van der Waals surface area contributed by atoms with Gasteiger partial charge in [0.1, 0.15) is 5.82 Å². The zero-order chi connectivity index (χ0) is 12.6. The minimum Gasteiger partial charge on any atom is -0.371 e. The highest BCUT2D eigenvalue weighted by molar-refractivity contribution is 5.58. The largest absolute Gasteiger partial charge is 0.371 e. The third-order valence-corrected chi connectivity index (χ3v) is 4.68. The fourth-order valence-electron chi connectivity index (χ4n) is 3.36. The molecular weight excluding hydrogens is 227 g/mol. The molecule has 2 aliphatic rings. The van der Waals surface area contributed by atoms with E-state index in [1.54, 1.807) is 12.1 Å². The molecule has 0 amide bonds. The van der Waals surface area contributed by atoms with Crippen LogP contribution in [-0.4, -0.2) is 19.6 Å². The quantitative estimate of drug-likeness (QED) is 0.891. The Bertz CT molecular complexity index is 429. The highest BCUT2D eigenvalue weighted by Crippen LogP contribution is 2.47. The van der Waals surface area contributed by atoms with E-state index in [0.717, 1.165) is 31.6 Å². The smallest absolute Gasteiger partial charge is 0.125 e. The van der Waals surface area contributed by atoms with Gasteiger partial charge < -0.3 is 10.6 Å². The lowest BCUT2D eigenvalue weighted by molar-refractivity contribution is 0.253. The van der Waals surface area contributed by atoms with Crippen molar-refractivity contribution in [3.8, 4) is 0 Å². The van der Waals surface area contributed by atoms with Crippen molar-refractivity contribution in [2.75, 3.05) is 24.5 Å². The molecule has 2 nitrogen and oxygen atoms in total. The first-order chi connectivity index (χ1) is 8.75. The minimum absolute atomic E-state index is 0.117. The molecule has 0 unspecified atom stereocenters. The van der Waals surface area contributed by atoms with Crippen molar-refractivity contribution in [2.24, 2.45) is 5.73 Å². The van der Waals surface area contributed by atoms with Crippen molar-refractivity contribution < 1.29 is 4.39 Å². The van der Waals surface area contributed by atoms with Gasteiger partial charge in [-0.15, -0.1) is 0 Å². The average molecular weight is 248 g/mol. The van der Waals surface area contributed by atoms with Crippen LogP contribution in [0.4, 0.5) is 10.1 Å². The summed E-state index contributed by atoms with van der Waals surface area (Å²) in [5.74, 6) is -0.132. The first-order valence-electron chi connectivity index (χ1n) is 7.00. The highest BCUT2D eigenvalue weighted by Gasteiger charge is 2.39. The van der Waals surface area contributed by atoms with Crippen molar-refractivity contribution in [1.82, 2.24) is 0 Å². The minimum atomic E-state index is -0.132. The molecule has 1 aliphatic carbocycles. The van der Waals surface area contributed by atoms with E-state index in [1.165, 1.54) is 24.8 Å². The third kappa shape index (κ3) is 1.81. The molecule has 1 aromatic rings. The van der Waals surface area contributed by atoms with E-state index in [-0.39, 0.29) is 11.2 Å². The van der Waals surface area contributed by atoms with Gasteiger partial charge in [0.2, 0.25) is 0 Å². The van der Waals surface area contributed by atoms with Crippen LogP contribution in [0.3, 0.4) is 0 Å². The van der Waals surface area contributed by atoms with Crippen LogP contribution in [0.25, 0.3) is 0 Å². The molecule has 0 bridgehead atoms. The standard InChI is InChI=1S/C15H21FN2/c16-12-4-5-13(15(11-17)6-3-7-15)14(10-12)18-8-1-2-9-18/h4-5,10H,1-3,6-9,11,17H2. The number of halogens is 1. The Labute approximate surface area is 108 Å². The summed E-state index contributed by atoms with van der Waals surface area (Å²) in [7, 11) is 0. The first-order valence-corrected chi connectivity index (χ1v) is 7.00. The van der Waals surface area contributed by atoms with Crippen LogP contribution in [0, 0.1) is 5.82 Å². The molecule has 1 aromatic carbocycles. The average Bonchev–Trinajstić information content (AvgIpc) is 2.83. The Kier molecular flexibility index (Phi) is 3.02. The molecule has 3 rings (SSSR count). The van der Waals surface area contributed by atoms with Gasteiger partial charge in [-0.2, -0.15) is 0 Å². The molecule has 3 heteroatoms. The van der Waals surface area contributed by atoms with E-state index in [2.05, 4.69) is 4.90 Å². The van der Waals surface area contributed by atoms with Crippen LogP contribution in [0.2, 0.25) is 0 Å². The Morgan fingerprint density at radius 2 is 1.89 bits per heavy atom. The predicted octanol–water partition coefficient (Wildman–Crippen LogP) is 2.81. The Hall–Kier alpha value is -1.09. The molecule has 2 N–H and O–H groups in total. The monoisotopic (exact) mass is 248 g/mol. The van der Waals surface area contributed by atoms with Crippen molar-refractivity contribution in [3.63, 3.8) is 0 Å². The molecular formula is C15H21FN2. The molecule has 0 aromatic heterocycles. The lowest BCUT2D eigenvalue weighted by atomic mass is 9.64. The molecule has 0 radical (unpaired) electrons. The number of nitrogens with two attached hydrogens (primary N) is 1.